The molecule has 4 nitrogen and oxygen atoms in total. The molecule has 1 aromatic carbocycles. The third-order valence-corrected chi connectivity index (χ3v) is 5.79. The molecule has 0 spiro atoms. The molecule has 1 atom stereocenters. The number of aromatic nitrogens is 2. The summed E-state index contributed by atoms with van der Waals surface area (Å²) in [6.45, 7) is 4.19. The molecule has 1 aromatic heterocycles. The second kappa shape index (κ2) is 6.89. The van der Waals surface area contributed by atoms with Gasteiger partial charge in [0.2, 0.25) is 0 Å². The number of nitrogens with zero attached hydrogens (tertiary/aromatic N) is 4. The summed E-state index contributed by atoms with van der Waals surface area (Å²) in [6.07, 6.45) is 4.81. The molecule has 134 valence electrons. The SMILES string of the molecule is CN1CCc2c(c(-c3ccc(F)cc3)nn2CC[C@@H]2CCCN2C)C1. The Morgan fingerprint density at radius 1 is 1.16 bits per heavy atom. The summed E-state index contributed by atoms with van der Waals surface area (Å²) < 4.78 is 15.5. The van der Waals surface area contributed by atoms with Crippen LogP contribution in [0.25, 0.3) is 11.3 Å². The molecule has 2 aliphatic heterocycles. The normalized spacial score (nSPS) is 21.6. The molecule has 3 heterocycles. The highest BCUT2D eigenvalue weighted by Crippen LogP contribution is 2.30. The van der Waals surface area contributed by atoms with Crippen LogP contribution in [0.3, 0.4) is 0 Å². The number of hydrogen-bond acceptors (Lipinski definition) is 3. The summed E-state index contributed by atoms with van der Waals surface area (Å²) >= 11 is 0. The van der Waals surface area contributed by atoms with Crippen molar-refractivity contribution in [3.05, 3.63) is 41.3 Å². The zero-order chi connectivity index (χ0) is 17.4. The number of fused-ring (bicyclic) bond motifs is 1. The number of halogens is 1. The first-order chi connectivity index (χ1) is 12.1. The van der Waals surface area contributed by atoms with Crippen molar-refractivity contribution in [2.45, 2.75) is 44.8 Å². The van der Waals surface area contributed by atoms with Gasteiger partial charge in [-0.05, 0) is 64.2 Å². The van der Waals surface area contributed by atoms with Crippen molar-refractivity contribution in [2.75, 3.05) is 27.2 Å². The summed E-state index contributed by atoms with van der Waals surface area (Å²) in [6, 6.07) is 7.44. The monoisotopic (exact) mass is 342 g/mol. The molecular formula is C20H27FN4. The van der Waals surface area contributed by atoms with Gasteiger partial charge >= 0.3 is 0 Å². The van der Waals surface area contributed by atoms with Crippen molar-refractivity contribution >= 4 is 0 Å². The summed E-state index contributed by atoms with van der Waals surface area (Å²) in [4.78, 5) is 4.82. The van der Waals surface area contributed by atoms with Gasteiger partial charge in [0.05, 0.1) is 5.69 Å². The minimum absolute atomic E-state index is 0.196. The quantitative estimate of drug-likeness (QED) is 0.853. The first kappa shape index (κ1) is 16.7. The van der Waals surface area contributed by atoms with Gasteiger partial charge in [-0.2, -0.15) is 5.10 Å². The Bertz CT molecular complexity index is 737. The smallest absolute Gasteiger partial charge is 0.123 e. The van der Waals surface area contributed by atoms with E-state index in [0.717, 1.165) is 43.7 Å². The molecule has 0 N–H and O–H groups in total. The van der Waals surface area contributed by atoms with E-state index in [-0.39, 0.29) is 5.82 Å². The van der Waals surface area contributed by atoms with Crippen LogP contribution in [0.15, 0.2) is 24.3 Å². The predicted octanol–water partition coefficient (Wildman–Crippen LogP) is 3.16. The Balaban J connectivity index is 1.63. The number of likely N-dealkylation sites (N-methyl/N-ethyl adjacent to an activating group) is 1. The maximum Gasteiger partial charge on any atom is 0.123 e. The third kappa shape index (κ3) is 3.35. The van der Waals surface area contributed by atoms with Gasteiger partial charge in [-0.15, -0.1) is 0 Å². The van der Waals surface area contributed by atoms with Crippen molar-refractivity contribution in [1.29, 1.82) is 0 Å². The van der Waals surface area contributed by atoms with Crippen molar-refractivity contribution in [1.82, 2.24) is 19.6 Å². The lowest BCUT2D eigenvalue weighted by Crippen LogP contribution is -2.29. The van der Waals surface area contributed by atoms with Crippen LogP contribution in [0, 0.1) is 5.82 Å². The van der Waals surface area contributed by atoms with Gasteiger partial charge in [0.25, 0.3) is 0 Å². The lowest BCUT2D eigenvalue weighted by Gasteiger charge is -2.24. The summed E-state index contributed by atoms with van der Waals surface area (Å²) in [5.41, 5.74) is 4.74. The van der Waals surface area contributed by atoms with Crippen LogP contribution in [-0.4, -0.2) is 52.8 Å². The van der Waals surface area contributed by atoms with Gasteiger partial charge in [0.15, 0.2) is 0 Å². The molecule has 0 amide bonds. The molecular weight excluding hydrogens is 315 g/mol. The number of likely N-dealkylation sites (tertiary alicyclic amines) is 1. The molecule has 2 aliphatic rings. The van der Waals surface area contributed by atoms with Crippen molar-refractivity contribution in [3.63, 3.8) is 0 Å². The fraction of sp³-hybridized carbons (Fsp3) is 0.550. The van der Waals surface area contributed by atoms with Crippen molar-refractivity contribution in [3.8, 4) is 11.3 Å². The number of aryl methyl sites for hydroxylation is 1. The van der Waals surface area contributed by atoms with Gasteiger partial charge in [-0.25, -0.2) is 4.39 Å². The maximum absolute atomic E-state index is 13.3. The van der Waals surface area contributed by atoms with Gasteiger partial charge in [-0.1, -0.05) is 0 Å². The zero-order valence-electron chi connectivity index (χ0n) is 15.2. The van der Waals surface area contributed by atoms with Gasteiger partial charge in [0.1, 0.15) is 5.82 Å². The summed E-state index contributed by atoms with van der Waals surface area (Å²) in [5.74, 6) is -0.196. The van der Waals surface area contributed by atoms with E-state index in [1.54, 1.807) is 0 Å². The third-order valence-electron chi connectivity index (χ3n) is 5.79. The lowest BCUT2D eigenvalue weighted by atomic mass is 10.0. The molecule has 0 aliphatic carbocycles. The first-order valence-corrected chi connectivity index (χ1v) is 9.35. The molecule has 0 saturated carbocycles. The van der Waals surface area contributed by atoms with Crippen molar-refractivity contribution in [2.24, 2.45) is 0 Å². The van der Waals surface area contributed by atoms with Crippen molar-refractivity contribution < 1.29 is 4.39 Å². The Kier molecular flexibility index (Phi) is 4.61. The van der Waals surface area contributed by atoms with E-state index in [1.165, 1.54) is 42.8 Å². The Hall–Kier alpha value is -1.72. The van der Waals surface area contributed by atoms with Crippen LogP contribution >= 0.6 is 0 Å². The molecule has 0 unspecified atom stereocenters. The standard InChI is InChI=1S/C20H27FN4/c1-23-12-10-19-18(14-23)20(15-5-7-16(21)8-6-15)22-25(19)13-9-17-4-3-11-24(17)2/h5-8,17H,3-4,9-14H2,1-2H3/t17-/m0/s1. The minimum atomic E-state index is -0.196. The van der Waals surface area contributed by atoms with E-state index < -0.39 is 0 Å². The maximum atomic E-state index is 13.3. The van der Waals surface area contributed by atoms with Crippen LogP contribution in [0.4, 0.5) is 4.39 Å². The van der Waals surface area contributed by atoms with Crippen LogP contribution in [0.2, 0.25) is 0 Å². The molecule has 1 fully saturated rings. The highest BCUT2D eigenvalue weighted by molar-refractivity contribution is 5.64. The molecule has 4 rings (SSSR count). The van der Waals surface area contributed by atoms with Crippen LogP contribution in [0.5, 0.6) is 0 Å². The van der Waals surface area contributed by atoms with Crippen LogP contribution in [-0.2, 0) is 19.5 Å². The van der Waals surface area contributed by atoms with Crippen LogP contribution in [0.1, 0.15) is 30.5 Å². The van der Waals surface area contributed by atoms with E-state index in [4.69, 9.17) is 5.10 Å². The average molecular weight is 342 g/mol. The molecule has 0 radical (unpaired) electrons. The Morgan fingerprint density at radius 2 is 1.96 bits per heavy atom. The van der Waals surface area contributed by atoms with E-state index >= 15 is 0 Å². The van der Waals surface area contributed by atoms with Gasteiger partial charge < -0.3 is 9.80 Å². The first-order valence-electron chi connectivity index (χ1n) is 9.35. The fourth-order valence-corrected chi connectivity index (χ4v) is 4.27. The minimum Gasteiger partial charge on any atom is -0.303 e. The predicted molar refractivity (Wildman–Crippen MR) is 97.9 cm³/mol. The average Bonchev–Trinajstić information content (AvgIpc) is 3.17. The van der Waals surface area contributed by atoms with E-state index in [9.17, 15) is 4.39 Å². The van der Waals surface area contributed by atoms with E-state index in [1.807, 2.05) is 12.1 Å². The second-order valence-corrected chi connectivity index (χ2v) is 7.56. The summed E-state index contributed by atoms with van der Waals surface area (Å²) in [5, 5.41) is 4.96. The van der Waals surface area contributed by atoms with Gasteiger partial charge in [-0.3, -0.25) is 4.68 Å². The molecule has 25 heavy (non-hydrogen) atoms. The number of hydrogen-bond donors (Lipinski definition) is 0. The summed E-state index contributed by atoms with van der Waals surface area (Å²) in [7, 11) is 4.39. The highest BCUT2D eigenvalue weighted by Gasteiger charge is 2.26. The Morgan fingerprint density at radius 3 is 2.68 bits per heavy atom. The topological polar surface area (TPSA) is 24.3 Å². The number of benzene rings is 1. The highest BCUT2D eigenvalue weighted by atomic mass is 19.1. The number of rotatable bonds is 4. The lowest BCUT2D eigenvalue weighted by molar-refractivity contribution is 0.277. The largest absolute Gasteiger partial charge is 0.303 e. The zero-order valence-corrected chi connectivity index (χ0v) is 15.2. The molecule has 1 saturated heterocycles. The molecule has 2 aromatic rings. The fourth-order valence-electron chi connectivity index (χ4n) is 4.27. The van der Waals surface area contributed by atoms with E-state index in [2.05, 4.69) is 28.6 Å². The van der Waals surface area contributed by atoms with Gasteiger partial charge in [0, 0.05) is 48.9 Å². The van der Waals surface area contributed by atoms with Crippen LogP contribution < -0.4 is 0 Å². The Labute approximate surface area is 149 Å². The molecule has 0 bridgehead atoms. The second-order valence-electron chi connectivity index (χ2n) is 7.56. The van der Waals surface area contributed by atoms with E-state index in [0.29, 0.717) is 6.04 Å². The molecule has 5 heteroatoms.